The lowest BCUT2D eigenvalue weighted by Crippen LogP contribution is -2.52. The third kappa shape index (κ3) is 5.70. The number of piperazine rings is 1. The Balaban J connectivity index is 1.32. The monoisotopic (exact) mass is 495 g/mol. The number of alkyl halides is 6. The van der Waals surface area contributed by atoms with Crippen LogP contribution in [0.3, 0.4) is 0 Å². The van der Waals surface area contributed by atoms with Gasteiger partial charge in [0.1, 0.15) is 0 Å². The van der Waals surface area contributed by atoms with Gasteiger partial charge in [0.25, 0.3) is 6.10 Å². The van der Waals surface area contributed by atoms with E-state index in [1.165, 1.54) is 0 Å². The minimum atomic E-state index is -5.72. The summed E-state index contributed by atoms with van der Waals surface area (Å²) in [4.78, 5) is 17.2. The SMILES string of the molecule is Cc1ccc(CN2CCN(C(=O)OC(C(F)(F)F)C(F)(F)F)CC2)cc1N1CC2CCC(C1)O2. The lowest BCUT2D eigenvalue weighted by atomic mass is 10.1. The molecule has 4 rings (SSSR count). The van der Waals surface area contributed by atoms with Crippen molar-refractivity contribution in [2.45, 2.75) is 57.0 Å². The van der Waals surface area contributed by atoms with E-state index < -0.39 is 24.5 Å². The Morgan fingerprint density at radius 3 is 2.18 bits per heavy atom. The molecule has 1 aromatic carbocycles. The average Bonchev–Trinajstić information content (AvgIpc) is 3.09. The van der Waals surface area contributed by atoms with Crippen molar-refractivity contribution in [1.82, 2.24) is 9.80 Å². The van der Waals surface area contributed by atoms with Crippen LogP contribution < -0.4 is 4.90 Å². The number of morpholine rings is 1. The zero-order valence-electron chi connectivity index (χ0n) is 18.7. The first-order valence-corrected chi connectivity index (χ1v) is 11.2. The maximum atomic E-state index is 12.7. The van der Waals surface area contributed by atoms with E-state index in [0.29, 0.717) is 19.6 Å². The van der Waals surface area contributed by atoms with Gasteiger partial charge in [-0.2, -0.15) is 26.3 Å². The molecule has 2 unspecified atom stereocenters. The fraction of sp³-hybridized carbons (Fsp3) is 0.682. The summed E-state index contributed by atoms with van der Waals surface area (Å²) in [6.07, 6.45) is -14.5. The van der Waals surface area contributed by atoms with E-state index in [2.05, 4.69) is 22.6 Å². The van der Waals surface area contributed by atoms with Crippen molar-refractivity contribution in [3.63, 3.8) is 0 Å². The van der Waals surface area contributed by atoms with Crippen LogP contribution in [0.2, 0.25) is 0 Å². The normalized spacial score (nSPS) is 24.1. The molecule has 3 heterocycles. The van der Waals surface area contributed by atoms with Gasteiger partial charge in [-0.05, 0) is 37.0 Å². The van der Waals surface area contributed by atoms with Gasteiger partial charge < -0.3 is 19.3 Å². The van der Waals surface area contributed by atoms with Gasteiger partial charge in [-0.1, -0.05) is 12.1 Å². The van der Waals surface area contributed by atoms with Crippen LogP contribution in [-0.2, 0) is 16.0 Å². The van der Waals surface area contributed by atoms with Gasteiger partial charge in [-0.3, -0.25) is 4.90 Å². The first-order valence-electron chi connectivity index (χ1n) is 11.2. The third-order valence-electron chi connectivity index (χ3n) is 6.51. The average molecular weight is 495 g/mol. The molecule has 3 saturated heterocycles. The Labute approximate surface area is 193 Å². The predicted molar refractivity (Wildman–Crippen MR) is 111 cm³/mol. The van der Waals surface area contributed by atoms with Crippen molar-refractivity contribution >= 4 is 11.8 Å². The number of amides is 1. The van der Waals surface area contributed by atoms with E-state index in [4.69, 9.17) is 4.74 Å². The molecule has 0 saturated carbocycles. The van der Waals surface area contributed by atoms with Crippen LogP contribution in [0.4, 0.5) is 36.8 Å². The Bertz CT molecular complexity index is 860. The Morgan fingerprint density at radius 2 is 1.62 bits per heavy atom. The maximum absolute atomic E-state index is 12.7. The highest BCUT2D eigenvalue weighted by Gasteiger charge is 2.60. The molecule has 2 atom stereocenters. The van der Waals surface area contributed by atoms with Crippen LogP contribution in [0, 0.1) is 6.92 Å². The standard InChI is InChI=1S/C22H27F6N3O3/c1-14-2-3-15(10-18(14)31-12-16-4-5-17(13-31)33-16)11-29-6-8-30(9-7-29)20(32)34-19(21(23,24)25)22(26,27)28/h2-3,10,16-17,19H,4-9,11-13H2,1H3. The summed E-state index contributed by atoms with van der Waals surface area (Å²) in [7, 11) is 0. The highest BCUT2D eigenvalue weighted by Crippen LogP contribution is 2.36. The van der Waals surface area contributed by atoms with Gasteiger partial charge in [0.2, 0.25) is 0 Å². The topological polar surface area (TPSA) is 45.2 Å². The summed E-state index contributed by atoms with van der Waals surface area (Å²) in [5.74, 6) is 0. The molecular weight excluding hydrogens is 468 g/mol. The number of benzene rings is 1. The second-order valence-electron chi connectivity index (χ2n) is 9.09. The highest BCUT2D eigenvalue weighted by atomic mass is 19.4. The summed E-state index contributed by atoms with van der Waals surface area (Å²) in [6, 6.07) is 6.17. The van der Waals surface area contributed by atoms with Crippen molar-refractivity contribution in [2.24, 2.45) is 0 Å². The van der Waals surface area contributed by atoms with Gasteiger partial charge in [-0.25, -0.2) is 4.79 Å². The minimum absolute atomic E-state index is 0.0210. The van der Waals surface area contributed by atoms with E-state index in [1.807, 2.05) is 17.0 Å². The second kappa shape index (κ2) is 9.44. The molecule has 34 heavy (non-hydrogen) atoms. The number of carbonyl (C=O) groups excluding carboxylic acids is 1. The fourth-order valence-corrected chi connectivity index (χ4v) is 4.75. The van der Waals surface area contributed by atoms with Crippen molar-refractivity contribution in [3.8, 4) is 0 Å². The molecule has 3 aliphatic rings. The molecule has 3 fully saturated rings. The number of hydrogen-bond acceptors (Lipinski definition) is 5. The van der Waals surface area contributed by atoms with E-state index in [0.717, 1.165) is 47.6 Å². The largest absolute Gasteiger partial charge is 0.434 e. The number of halogens is 6. The van der Waals surface area contributed by atoms with E-state index in [-0.39, 0.29) is 25.3 Å². The smallest absolute Gasteiger partial charge is 0.426 e. The predicted octanol–water partition coefficient (Wildman–Crippen LogP) is 4.11. The van der Waals surface area contributed by atoms with Gasteiger partial charge in [0.15, 0.2) is 0 Å². The molecule has 1 amide bonds. The van der Waals surface area contributed by atoms with Crippen molar-refractivity contribution in [3.05, 3.63) is 29.3 Å². The zero-order chi connectivity index (χ0) is 24.7. The third-order valence-corrected chi connectivity index (χ3v) is 6.51. The zero-order valence-corrected chi connectivity index (χ0v) is 18.7. The van der Waals surface area contributed by atoms with Gasteiger partial charge >= 0.3 is 18.4 Å². The molecule has 3 aliphatic heterocycles. The Morgan fingerprint density at radius 1 is 1.03 bits per heavy atom. The Hall–Kier alpha value is -2.21. The Kier molecular flexibility index (Phi) is 6.92. The molecule has 6 nitrogen and oxygen atoms in total. The second-order valence-corrected chi connectivity index (χ2v) is 9.09. The molecule has 2 bridgehead atoms. The highest BCUT2D eigenvalue weighted by molar-refractivity contribution is 5.68. The first-order chi connectivity index (χ1) is 15.9. The number of aryl methyl sites for hydroxylation is 1. The molecule has 190 valence electrons. The minimum Gasteiger partial charge on any atom is -0.426 e. The lowest BCUT2D eigenvalue weighted by Gasteiger charge is -2.36. The number of hydrogen-bond donors (Lipinski definition) is 0. The molecule has 0 aliphatic carbocycles. The summed E-state index contributed by atoms with van der Waals surface area (Å²) in [6.45, 7) is 4.87. The summed E-state index contributed by atoms with van der Waals surface area (Å²) < 4.78 is 85.6. The fourth-order valence-electron chi connectivity index (χ4n) is 4.75. The van der Waals surface area contributed by atoms with Crippen LogP contribution in [0.25, 0.3) is 0 Å². The molecule has 1 aromatic rings. The quantitative estimate of drug-likeness (QED) is 0.589. The van der Waals surface area contributed by atoms with E-state index >= 15 is 0 Å². The van der Waals surface area contributed by atoms with Crippen LogP contribution in [-0.4, -0.2) is 85.8 Å². The number of carbonyl (C=O) groups is 1. The molecular formula is C22H27F6N3O3. The summed E-state index contributed by atoms with van der Waals surface area (Å²) >= 11 is 0. The summed E-state index contributed by atoms with van der Waals surface area (Å²) in [5.41, 5.74) is 3.34. The van der Waals surface area contributed by atoms with Crippen LogP contribution in [0.5, 0.6) is 0 Å². The van der Waals surface area contributed by atoms with Gasteiger partial charge in [0.05, 0.1) is 12.2 Å². The van der Waals surface area contributed by atoms with Crippen molar-refractivity contribution in [2.75, 3.05) is 44.2 Å². The maximum Gasteiger partial charge on any atom is 0.434 e. The van der Waals surface area contributed by atoms with Crippen molar-refractivity contribution < 1.29 is 40.6 Å². The molecule has 12 heteroatoms. The number of rotatable bonds is 4. The number of ether oxygens (including phenoxy) is 2. The molecule has 0 radical (unpaired) electrons. The van der Waals surface area contributed by atoms with Gasteiger partial charge in [0, 0.05) is 51.5 Å². The van der Waals surface area contributed by atoms with Crippen LogP contribution in [0.15, 0.2) is 18.2 Å². The number of nitrogens with zero attached hydrogens (tertiary/aromatic N) is 3. The summed E-state index contributed by atoms with van der Waals surface area (Å²) in [5, 5.41) is 0. The molecule has 0 spiro atoms. The van der Waals surface area contributed by atoms with Crippen molar-refractivity contribution in [1.29, 1.82) is 0 Å². The van der Waals surface area contributed by atoms with Crippen LogP contribution in [0.1, 0.15) is 24.0 Å². The number of fused-ring (bicyclic) bond motifs is 2. The number of anilines is 1. The lowest BCUT2D eigenvalue weighted by molar-refractivity contribution is -0.308. The molecule has 0 N–H and O–H groups in total. The van der Waals surface area contributed by atoms with E-state index in [1.54, 1.807) is 0 Å². The van der Waals surface area contributed by atoms with Gasteiger partial charge in [-0.15, -0.1) is 0 Å². The van der Waals surface area contributed by atoms with Crippen LogP contribution >= 0.6 is 0 Å². The first kappa shape index (κ1) is 24.9. The van der Waals surface area contributed by atoms with E-state index in [9.17, 15) is 31.1 Å². The molecule has 0 aromatic heterocycles.